The van der Waals surface area contributed by atoms with E-state index < -0.39 is 47.9 Å². The molecule has 46 heavy (non-hydrogen) atoms. The lowest BCUT2D eigenvalue weighted by Crippen LogP contribution is -2.57. The van der Waals surface area contributed by atoms with Crippen molar-refractivity contribution in [1.82, 2.24) is 15.0 Å². The van der Waals surface area contributed by atoms with Crippen LogP contribution in [0.1, 0.15) is 29.7 Å². The molecule has 5 atom stereocenters. The predicted molar refractivity (Wildman–Crippen MR) is 165 cm³/mol. The van der Waals surface area contributed by atoms with Crippen LogP contribution in [-0.2, 0) is 38.8 Å². The standard InChI is InChI=1S/C36H34F3N3O4/c1-24-35(44-21-26-13-7-3-8-14-26)34(42-19-31(40-41-42)28-17-29(37)33(39)30(38)18-28)36(45-22-27-15-9-4-10-16-27)32(46-24)23-43-20-25-11-5-2-6-12-25/h2-19,24,32,34-36H,20-23H2,1H3. The molecule has 1 saturated heterocycles. The van der Waals surface area contributed by atoms with Gasteiger partial charge in [-0.2, -0.15) is 0 Å². The first kappa shape index (κ1) is 31.6. The molecule has 6 rings (SSSR count). The van der Waals surface area contributed by atoms with E-state index in [1.165, 1.54) is 0 Å². The van der Waals surface area contributed by atoms with E-state index in [0.717, 1.165) is 28.8 Å². The molecule has 7 nitrogen and oxygen atoms in total. The fourth-order valence-corrected chi connectivity index (χ4v) is 5.65. The lowest BCUT2D eigenvalue weighted by atomic mass is 9.92. The Morgan fingerprint density at radius 3 is 1.80 bits per heavy atom. The van der Waals surface area contributed by atoms with Crippen LogP contribution >= 0.6 is 0 Å². The van der Waals surface area contributed by atoms with E-state index in [4.69, 9.17) is 18.9 Å². The topological polar surface area (TPSA) is 67.6 Å². The maximum absolute atomic E-state index is 14.1. The van der Waals surface area contributed by atoms with Gasteiger partial charge in [0.05, 0.1) is 38.7 Å². The molecule has 238 valence electrons. The van der Waals surface area contributed by atoms with Crippen molar-refractivity contribution < 1.29 is 32.1 Å². The molecule has 10 heteroatoms. The molecule has 5 aromatic rings. The summed E-state index contributed by atoms with van der Waals surface area (Å²) >= 11 is 0. The first-order chi connectivity index (χ1) is 22.5. The summed E-state index contributed by atoms with van der Waals surface area (Å²) in [5.74, 6) is -4.17. The summed E-state index contributed by atoms with van der Waals surface area (Å²) in [7, 11) is 0. The number of nitrogens with zero attached hydrogens (tertiary/aromatic N) is 3. The molecule has 0 saturated carbocycles. The minimum atomic E-state index is -1.54. The number of rotatable bonds is 12. The molecule has 0 amide bonds. The summed E-state index contributed by atoms with van der Waals surface area (Å²) < 4.78 is 69.4. The van der Waals surface area contributed by atoms with Crippen LogP contribution in [0.25, 0.3) is 11.3 Å². The van der Waals surface area contributed by atoms with Gasteiger partial charge in [0.2, 0.25) is 0 Å². The van der Waals surface area contributed by atoms with E-state index in [1.807, 2.05) is 97.9 Å². The van der Waals surface area contributed by atoms with E-state index in [9.17, 15) is 13.2 Å². The Bertz CT molecular complexity index is 1670. The number of ether oxygens (including phenoxy) is 4. The maximum atomic E-state index is 14.1. The van der Waals surface area contributed by atoms with Crippen LogP contribution in [-0.4, -0.2) is 46.0 Å². The Morgan fingerprint density at radius 2 is 1.24 bits per heavy atom. The molecule has 0 aliphatic carbocycles. The van der Waals surface area contributed by atoms with Crippen molar-refractivity contribution in [3.8, 4) is 11.3 Å². The van der Waals surface area contributed by atoms with Crippen molar-refractivity contribution in [2.45, 2.75) is 57.2 Å². The van der Waals surface area contributed by atoms with Crippen molar-refractivity contribution in [2.75, 3.05) is 6.61 Å². The van der Waals surface area contributed by atoms with Crippen LogP contribution in [0.3, 0.4) is 0 Å². The molecule has 1 aliphatic rings. The minimum absolute atomic E-state index is 0.0500. The third-order valence-electron chi connectivity index (χ3n) is 7.95. The number of benzene rings is 4. The first-order valence-corrected chi connectivity index (χ1v) is 15.1. The summed E-state index contributed by atoms with van der Waals surface area (Å²) in [4.78, 5) is 0. The second-order valence-electron chi connectivity index (χ2n) is 11.2. The zero-order valence-electron chi connectivity index (χ0n) is 25.2. The second kappa shape index (κ2) is 14.8. The lowest BCUT2D eigenvalue weighted by molar-refractivity contribution is -0.235. The van der Waals surface area contributed by atoms with Crippen LogP contribution in [0.5, 0.6) is 0 Å². The van der Waals surface area contributed by atoms with Crippen molar-refractivity contribution in [3.05, 3.63) is 143 Å². The molecule has 0 spiro atoms. The predicted octanol–water partition coefficient (Wildman–Crippen LogP) is 7.08. The molecule has 1 fully saturated rings. The normalized spacial score (nSPS) is 21.3. The van der Waals surface area contributed by atoms with Gasteiger partial charge in [-0.25, -0.2) is 17.9 Å². The van der Waals surface area contributed by atoms with Crippen molar-refractivity contribution in [1.29, 1.82) is 0 Å². The Labute approximate surface area is 265 Å². The van der Waals surface area contributed by atoms with Crippen molar-refractivity contribution >= 4 is 0 Å². The van der Waals surface area contributed by atoms with Gasteiger partial charge < -0.3 is 18.9 Å². The molecule has 0 radical (unpaired) electrons. The number of halogens is 3. The molecule has 5 unspecified atom stereocenters. The summed E-state index contributed by atoms with van der Waals surface area (Å²) in [5, 5.41) is 8.58. The molecule has 0 bridgehead atoms. The summed E-state index contributed by atoms with van der Waals surface area (Å²) in [5.41, 5.74) is 3.17. The van der Waals surface area contributed by atoms with Gasteiger partial charge in [0.25, 0.3) is 0 Å². The van der Waals surface area contributed by atoms with Crippen molar-refractivity contribution in [3.63, 3.8) is 0 Å². The highest BCUT2D eigenvalue weighted by Gasteiger charge is 2.47. The third-order valence-corrected chi connectivity index (χ3v) is 7.95. The quantitative estimate of drug-likeness (QED) is 0.138. The molecule has 1 aromatic heterocycles. The Kier molecular flexibility index (Phi) is 10.2. The summed E-state index contributed by atoms with van der Waals surface area (Å²) in [6, 6.07) is 30.5. The highest BCUT2D eigenvalue weighted by Crippen LogP contribution is 2.36. The number of hydrogen-bond acceptors (Lipinski definition) is 6. The molecule has 4 aromatic carbocycles. The van der Waals surface area contributed by atoms with Gasteiger partial charge >= 0.3 is 0 Å². The van der Waals surface area contributed by atoms with Crippen LogP contribution in [0, 0.1) is 17.5 Å². The van der Waals surface area contributed by atoms with Gasteiger partial charge in [-0.3, -0.25) is 0 Å². The van der Waals surface area contributed by atoms with Gasteiger partial charge in [0, 0.05) is 5.56 Å². The minimum Gasteiger partial charge on any atom is -0.374 e. The zero-order valence-corrected chi connectivity index (χ0v) is 25.2. The fraction of sp³-hybridized carbons (Fsp3) is 0.278. The van der Waals surface area contributed by atoms with Gasteiger partial charge in [-0.1, -0.05) is 96.2 Å². The zero-order chi connectivity index (χ0) is 31.9. The summed E-state index contributed by atoms with van der Waals surface area (Å²) in [6.45, 7) is 3.09. The molecule has 2 heterocycles. The molecule has 1 aliphatic heterocycles. The Morgan fingerprint density at radius 1 is 0.717 bits per heavy atom. The van der Waals surface area contributed by atoms with E-state index in [0.29, 0.717) is 13.2 Å². The van der Waals surface area contributed by atoms with E-state index in [-0.39, 0.29) is 24.5 Å². The van der Waals surface area contributed by atoms with Gasteiger partial charge in [0.15, 0.2) is 17.5 Å². The Balaban J connectivity index is 1.33. The molecule has 0 N–H and O–H groups in total. The van der Waals surface area contributed by atoms with E-state index in [2.05, 4.69) is 10.3 Å². The van der Waals surface area contributed by atoms with Crippen LogP contribution in [0.15, 0.2) is 109 Å². The average Bonchev–Trinajstić information content (AvgIpc) is 3.57. The monoisotopic (exact) mass is 629 g/mol. The number of hydrogen-bond donors (Lipinski definition) is 0. The van der Waals surface area contributed by atoms with Gasteiger partial charge in [-0.15, -0.1) is 5.10 Å². The smallest absolute Gasteiger partial charge is 0.194 e. The van der Waals surface area contributed by atoms with Crippen LogP contribution < -0.4 is 0 Å². The molecular formula is C36H34F3N3O4. The highest BCUT2D eigenvalue weighted by atomic mass is 19.2. The SMILES string of the molecule is CC1OC(COCc2ccccc2)C(OCc2ccccc2)C(n2cc(-c3cc(F)c(F)c(F)c3)nn2)C1OCc1ccccc1. The van der Waals surface area contributed by atoms with Crippen LogP contribution in [0.4, 0.5) is 13.2 Å². The summed E-state index contributed by atoms with van der Waals surface area (Å²) in [6.07, 6.45) is -0.595. The maximum Gasteiger partial charge on any atom is 0.194 e. The average molecular weight is 630 g/mol. The van der Waals surface area contributed by atoms with E-state index >= 15 is 0 Å². The highest BCUT2D eigenvalue weighted by molar-refractivity contribution is 5.58. The third kappa shape index (κ3) is 7.54. The van der Waals surface area contributed by atoms with Gasteiger partial charge in [0.1, 0.15) is 30.0 Å². The van der Waals surface area contributed by atoms with Crippen molar-refractivity contribution in [2.24, 2.45) is 0 Å². The largest absolute Gasteiger partial charge is 0.374 e. The number of aromatic nitrogens is 3. The molecular weight excluding hydrogens is 595 g/mol. The lowest BCUT2D eigenvalue weighted by Gasteiger charge is -2.45. The van der Waals surface area contributed by atoms with Gasteiger partial charge in [-0.05, 0) is 35.7 Å². The van der Waals surface area contributed by atoms with Crippen LogP contribution in [0.2, 0.25) is 0 Å². The Hall–Kier alpha value is -4.35. The second-order valence-corrected chi connectivity index (χ2v) is 11.2. The first-order valence-electron chi connectivity index (χ1n) is 15.1. The van der Waals surface area contributed by atoms with E-state index in [1.54, 1.807) is 10.9 Å². The fourth-order valence-electron chi connectivity index (χ4n) is 5.65.